The molecule has 0 saturated carbocycles. The van der Waals surface area contributed by atoms with Crippen molar-refractivity contribution in [2.24, 2.45) is 0 Å². The molecule has 1 N–H and O–H groups in total. The first-order chi connectivity index (χ1) is 9.87. The predicted molar refractivity (Wildman–Crippen MR) is 87.9 cm³/mol. The number of aryl methyl sites for hydroxylation is 1. The fourth-order valence-electron chi connectivity index (χ4n) is 2.03. The molecule has 2 aromatic rings. The zero-order valence-corrected chi connectivity index (χ0v) is 13.5. The van der Waals surface area contributed by atoms with Gasteiger partial charge in [0.1, 0.15) is 0 Å². The smallest absolute Gasteiger partial charge is 0.229 e. The molecule has 0 saturated heterocycles. The summed E-state index contributed by atoms with van der Waals surface area (Å²) >= 11 is 0. The van der Waals surface area contributed by atoms with Crippen molar-refractivity contribution >= 4 is 11.6 Å². The molecule has 1 aromatic heterocycles. The van der Waals surface area contributed by atoms with E-state index >= 15 is 0 Å². The topological polar surface area (TPSA) is 41.1 Å². The van der Waals surface area contributed by atoms with Gasteiger partial charge in [0.15, 0.2) is 0 Å². The van der Waals surface area contributed by atoms with Gasteiger partial charge in [-0.3, -0.25) is 0 Å². The number of hydrogen-bond acceptors (Lipinski definition) is 4. The van der Waals surface area contributed by atoms with Gasteiger partial charge < -0.3 is 10.2 Å². The predicted octanol–water partition coefficient (Wildman–Crippen LogP) is 3.44. The van der Waals surface area contributed by atoms with E-state index in [2.05, 4.69) is 55.1 Å². The molecule has 21 heavy (non-hydrogen) atoms. The van der Waals surface area contributed by atoms with Crippen LogP contribution in [0.15, 0.2) is 36.7 Å². The maximum absolute atomic E-state index is 4.47. The molecule has 0 spiro atoms. The van der Waals surface area contributed by atoms with Gasteiger partial charge in [-0.15, -0.1) is 0 Å². The van der Waals surface area contributed by atoms with E-state index in [0.29, 0.717) is 5.95 Å². The van der Waals surface area contributed by atoms with Crippen LogP contribution in [0.4, 0.5) is 11.6 Å². The number of benzene rings is 1. The molecule has 0 unspecified atom stereocenters. The van der Waals surface area contributed by atoms with Gasteiger partial charge in [-0.2, -0.15) is 0 Å². The molecule has 0 aliphatic rings. The van der Waals surface area contributed by atoms with Crippen molar-refractivity contribution in [3.63, 3.8) is 0 Å². The van der Waals surface area contributed by atoms with Gasteiger partial charge in [-0.1, -0.05) is 18.2 Å². The lowest BCUT2D eigenvalue weighted by molar-refractivity contribution is 0.423. The molecule has 4 nitrogen and oxygen atoms in total. The van der Waals surface area contributed by atoms with Gasteiger partial charge in [0, 0.05) is 42.8 Å². The molecule has 0 atom stereocenters. The summed E-state index contributed by atoms with van der Waals surface area (Å²) < 4.78 is 0. The van der Waals surface area contributed by atoms with Crippen molar-refractivity contribution in [2.45, 2.75) is 39.8 Å². The summed E-state index contributed by atoms with van der Waals surface area (Å²) in [6.45, 7) is 9.31. The number of aromatic nitrogens is 2. The summed E-state index contributed by atoms with van der Waals surface area (Å²) in [5, 5.41) is 3.43. The summed E-state index contributed by atoms with van der Waals surface area (Å²) in [5.74, 6) is 0.712. The van der Waals surface area contributed by atoms with Crippen LogP contribution in [0.1, 0.15) is 31.9 Å². The van der Waals surface area contributed by atoms with Gasteiger partial charge >= 0.3 is 0 Å². The zero-order chi connectivity index (χ0) is 15.5. The van der Waals surface area contributed by atoms with Crippen molar-refractivity contribution in [2.75, 3.05) is 11.9 Å². The van der Waals surface area contributed by atoms with Crippen LogP contribution in [-0.4, -0.2) is 22.6 Å². The number of hydrogen-bond donors (Lipinski definition) is 1. The molecule has 0 amide bonds. The number of rotatable bonds is 4. The second-order valence-electron chi connectivity index (χ2n) is 6.34. The first kappa shape index (κ1) is 15.4. The minimum atomic E-state index is 0.0939. The average molecular weight is 284 g/mol. The lowest BCUT2D eigenvalue weighted by Crippen LogP contribution is -2.35. The SMILES string of the molecule is Cc1ccccc1N(C)c1ncc(CNC(C)(C)C)cn1. The van der Waals surface area contributed by atoms with E-state index < -0.39 is 0 Å². The van der Waals surface area contributed by atoms with Crippen molar-refractivity contribution in [3.8, 4) is 0 Å². The fourth-order valence-corrected chi connectivity index (χ4v) is 2.03. The maximum Gasteiger partial charge on any atom is 0.229 e. The molecule has 112 valence electrons. The first-order valence-electron chi connectivity index (χ1n) is 7.22. The third-order valence-electron chi connectivity index (χ3n) is 3.29. The summed E-state index contributed by atoms with van der Waals surface area (Å²) in [6.07, 6.45) is 3.77. The van der Waals surface area contributed by atoms with E-state index in [9.17, 15) is 0 Å². The number of nitrogens with one attached hydrogen (secondary N) is 1. The van der Waals surface area contributed by atoms with Crippen LogP contribution >= 0.6 is 0 Å². The highest BCUT2D eigenvalue weighted by Crippen LogP contribution is 2.23. The molecule has 2 rings (SSSR count). The zero-order valence-electron chi connectivity index (χ0n) is 13.5. The second kappa shape index (κ2) is 6.22. The largest absolute Gasteiger partial charge is 0.313 e. The Morgan fingerprint density at radius 3 is 2.29 bits per heavy atom. The van der Waals surface area contributed by atoms with Gasteiger partial charge in [0.25, 0.3) is 0 Å². The van der Waals surface area contributed by atoms with Crippen LogP contribution in [0.5, 0.6) is 0 Å². The van der Waals surface area contributed by atoms with E-state index in [4.69, 9.17) is 0 Å². The van der Waals surface area contributed by atoms with E-state index in [1.54, 1.807) is 0 Å². The van der Waals surface area contributed by atoms with Crippen LogP contribution in [0.3, 0.4) is 0 Å². The average Bonchev–Trinajstić information content (AvgIpc) is 2.45. The summed E-state index contributed by atoms with van der Waals surface area (Å²) in [4.78, 5) is 11.0. The molecular weight excluding hydrogens is 260 g/mol. The summed E-state index contributed by atoms with van der Waals surface area (Å²) in [6, 6.07) is 8.23. The highest BCUT2D eigenvalue weighted by molar-refractivity contribution is 5.60. The minimum Gasteiger partial charge on any atom is -0.313 e. The number of anilines is 2. The Balaban J connectivity index is 2.10. The van der Waals surface area contributed by atoms with E-state index in [-0.39, 0.29) is 5.54 Å². The van der Waals surface area contributed by atoms with E-state index in [0.717, 1.165) is 17.8 Å². The lowest BCUT2D eigenvalue weighted by Gasteiger charge is -2.21. The normalized spacial score (nSPS) is 11.5. The lowest BCUT2D eigenvalue weighted by atomic mass is 10.1. The molecule has 0 aliphatic carbocycles. The van der Waals surface area contributed by atoms with Crippen LogP contribution in [0, 0.1) is 6.92 Å². The number of nitrogens with zero attached hydrogens (tertiary/aromatic N) is 3. The van der Waals surface area contributed by atoms with Gasteiger partial charge in [0.2, 0.25) is 5.95 Å². The first-order valence-corrected chi connectivity index (χ1v) is 7.22. The van der Waals surface area contributed by atoms with E-state index in [1.807, 2.05) is 36.5 Å². The standard InChI is InChI=1S/C17H24N4/c1-13-8-6-7-9-15(13)21(5)16-18-10-14(11-19-16)12-20-17(2,3)4/h6-11,20H,12H2,1-5H3. The third kappa shape index (κ3) is 4.26. The molecule has 0 aliphatic heterocycles. The van der Waals surface area contributed by atoms with Gasteiger partial charge in [-0.25, -0.2) is 9.97 Å². The molecule has 1 aromatic carbocycles. The Hall–Kier alpha value is -1.94. The van der Waals surface area contributed by atoms with Crippen molar-refractivity contribution < 1.29 is 0 Å². The fraction of sp³-hybridized carbons (Fsp3) is 0.412. The molecule has 0 bridgehead atoms. The van der Waals surface area contributed by atoms with Crippen molar-refractivity contribution in [1.29, 1.82) is 0 Å². The maximum atomic E-state index is 4.47. The Kier molecular flexibility index (Phi) is 4.58. The van der Waals surface area contributed by atoms with Crippen LogP contribution in [0.25, 0.3) is 0 Å². The minimum absolute atomic E-state index is 0.0939. The highest BCUT2D eigenvalue weighted by Gasteiger charge is 2.11. The van der Waals surface area contributed by atoms with Crippen LogP contribution < -0.4 is 10.2 Å². The summed E-state index contributed by atoms with van der Waals surface area (Å²) in [5.41, 5.74) is 3.52. The van der Waals surface area contributed by atoms with Gasteiger partial charge in [0.05, 0.1) is 0 Å². The Morgan fingerprint density at radius 1 is 1.10 bits per heavy atom. The number of para-hydroxylation sites is 1. The highest BCUT2D eigenvalue weighted by atomic mass is 15.2. The quantitative estimate of drug-likeness (QED) is 0.933. The third-order valence-corrected chi connectivity index (χ3v) is 3.29. The molecular formula is C17H24N4. The second-order valence-corrected chi connectivity index (χ2v) is 6.34. The Bertz CT molecular complexity index is 584. The van der Waals surface area contributed by atoms with E-state index in [1.165, 1.54) is 5.56 Å². The monoisotopic (exact) mass is 284 g/mol. The van der Waals surface area contributed by atoms with Crippen LogP contribution in [-0.2, 0) is 6.54 Å². The van der Waals surface area contributed by atoms with Crippen molar-refractivity contribution in [1.82, 2.24) is 15.3 Å². The van der Waals surface area contributed by atoms with Gasteiger partial charge in [-0.05, 0) is 39.3 Å². The summed E-state index contributed by atoms with van der Waals surface area (Å²) in [7, 11) is 1.99. The molecule has 0 radical (unpaired) electrons. The molecule has 4 heteroatoms. The Morgan fingerprint density at radius 2 is 1.71 bits per heavy atom. The molecule has 1 heterocycles. The van der Waals surface area contributed by atoms with Crippen LogP contribution in [0.2, 0.25) is 0 Å². The Labute approximate surface area is 127 Å². The molecule has 0 fully saturated rings. The van der Waals surface area contributed by atoms with Crippen molar-refractivity contribution in [3.05, 3.63) is 47.8 Å².